The molecule has 0 fully saturated rings. The summed E-state index contributed by atoms with van der Waals surface area (Å²) in [7, 11) is 0. The van der Waals surface area contributed by atoms with Gasteiger partial charge in [-0.15, -0.1) is 22.0 Å². The Morgan fingerprint density at radius 3 is 2.75 bits per heavy atom. The zero-order chi connectivity index (χ0) is 17.0. The zero-order valence-electron chi connectivity index (χ0n) is 12.1. The predicted octanol–water partition coefficient (Wildman–Crippen LogP) is 3.90. The summed E-state index contributed by atoms with van der Waals surface area (Å²) in [5.74, 6) is 0.361. The Balaban J connectivity index is 0.00000288. The summed E-state index contributed by atoms with van der Waals surface area (Å²) in [5, 5.41) is 8.68. The quantitative estimate of drug-likeness (QED) is 0.597. The number of aromatic nitrogens is 1. The van der Waals surface area contributed by atoms with Gasteiger partial charge >= 0.3 is 0 Å². The molecule has 0 atom stereocenters. The smallest absolute Gasteiger partial charge is 0.256 e. The topological polar surface area (TPSA) is 55.0 Å². The Morgan fingerprint density at radius 1 is 1.46 bits per heavy atom. The van der Waals surface area contributed by atoms with Crippen LogP contribution in [-0.4, -0.2) is 17.6 Å². The summed E-state index contributed by atoms with van der Waals surface area (Å²) in [6.07, 6.45) is -2.70. The number of hydrogen-bond acceptors (Lipinski definition) is 3. The van der Waals surface area contributed by atoms with Gasteiger partial charge in [0.2, 0.25) is 5.56 Å². The molecular weight excluding hydrogens is 482 g/mol. The predicted molar refractivity (Wildman–Crippen MR) is 84.8 cm³/mol. The van der Waals surface area contributed by atoms with Gasteiger partial charge in [-0.25, -0.2) is 8.78 Å². The van der Waals surface area contributed by atoms with Crippen molar-refractivity contribution >= 4 is 27.5 Å². The van der Waals surface area contributed by atoms with Crippen molar-refractivity contribution in [2.75, 3.05) is 6.61 Å². The summed E-state index contributed by atoms with van der Waals surface area (Å²) in [5.41, 5.74) is -0.0866. The van der Waals surface area contributed by atoms with Crippen molar-refractivity contribution in [1.82, 2.24) is 4.57 Å². The van der Waals surface area contributed by atoms with Crippen LogP contribution in [0.15, 0.2) is 33.5 Å². The first-order valence-corrected chi connectivity index (χ1v) is 7.50. The largest absolute Gasteiger partial charge is 0.479 e. The number of hydrogen-bond donors (Lipinski definition) is 0. The molecule has 1 aromatic carbocycles. The first-order chi connectivity index (χ1) is 10.9. The molecule has 1 aromatic heterocycles. The van der Waals surface area contributed by atoms with Gasteiger partial charge in [-0.1, -0.05) is 22.9 Å². The molecule has 0 aliphatic carbocycles. The first kappa shape index (κ1) is 21.2. The number of nitrogens with zero attached hydrogens (tertiary/aromatic N) is 2. The third-order valence-electron chi connectivity index (χ3n) is 2.87. The van der Waals surface area contributed by atoms with Gasteiger partial charge in [0.1, 0.15) is 11.8 Å². The van der Waals surface area contributed by atoms with Gasteiger partial charge in [0.05, 0.1) is 6.54 Å². The number of alkyl halides is 2. The standard InChI is InChI=1S/C15H9BrClF2N2O2.Y/c16-11-3-4-13(21(15(11)22)8-14(18)19)10-2-1-9(7-12(10)17)23-6-5-20;/h1-3,7,14H,6,8H2;/q-1;. The van der Waals surface area contributed by atoms with E-state index < -0.39 is 18.5 Å². The van der Waals surface area contributed by atoms with Crippen molar-refractivity contribution in [1.29, 1.82) is 5.26 Å². The van der Waals surface area contributed by atoms with E-state index in [2.05, 4.69) is 22.0 Å². The second kappa shape index (κ2) is 9.62. The molecule has 0 amide bonds. The monoisotopic (exact) mass is 490 g/mol. The molecule has 1 radical (unpaired) electrons. The van der Waals surface area contributed by atoms with E-state index in [4.69, 9.17) is 21.6 Å². The SMILES string of the molecule is N#CCOc1ccc(-c2[c-]cc(Br)c(=O)n2CC(F)F)c(Cl)c1.[Y]. The van der Waals surface area contributed by atoms with Crippen molar-refractivity contribution < 1.29 is 46.2 Å². The third-order valence-corrected chi connectivity index (χ3v) is 3.76. The van der Waals surface area contributed by atoms with Crippen LogP contribution in [0.5, 0.6) is 5.75 Å². The number of nitriles is 1. The van der Waals surface area contributed by atoms with Gasteiger partial charge in [-0.2, -0.15) is 17.4 Å². The van der Waals surface area contributed by atoms with Crippen molar-refractivity contribution in [3.05, 3.63) is 50.2 Å². The van der Waals surface area contributed by atoms with E-state index in [1.165, 1.54) is 24.3 Å². The normalized spacial score (nSPS) is 10.2. The van der Waals surface area contributed by atoms with Crippen molar-refractivity contribution in [3.8, 4) is 23.1 Å². The van der Waals surface area contributed by atoms with Gasteiger partial charge in [-0.3, -0.25) is 4.79 Å². The number of ether oxygens (including phenoxy) is 1. The molecule has 0 spiro atoms. The molecule has 0 bridgehead atoms. The van der Waals surface area contributed by atoms with Crippen LogP contribution in [0, 0.1) is 17.4 Å². The minimum Gasteiger partial charge on any atom is -0.479 e. The number of halogens is 4. The van der Waals surface area contributed by atoms with E-state index in [0.717, 1.165) is 4.57 Å². The van der Waals surface area contributed by atoms with Crippen molar-refractivity contribution in [3.63, 3.8) is 0 Å². The molecule has 2 aromatic rings. The minimum absolute atomic E-state index is 0. The maximum Gasteiger partial charge on any atom is 0.256 e. The van der Waals surface area contributed by atoms with E-state index in [9.17, 15) is 13.6 Å². The molecule has 0 aliphatic heterocycles. The van der Waals surface area contributed by atoms with E-state index >= 15 is 0 Å². The van der Waals surface area contributed by atoms with Crippen LogP contribution >= 0.6 is 27.5 Å². The van der Waals surface area contributed by atoms with Crippen LogP contribution in [0.3, 0.4) is 0 Å². The van der Waals surface area contributed by atoms with E-state index in [1.54, 1.807) is 0 Å². The fraction of sp³-hybridized carbons (Fsp3) is 0.200. The molecule has 24 heavy (non-hydrogen) atoms. The number of benzene rings is 1. The Kier molecular flexibility index (Phi) is 8.51. The summed E-state index contributed by atoms with van der Waals surface area (Å²) < 4.78 is 31.7. The average molecular weight is 492 g/mol. The summed E-state index contributed by atoms with van der Waals surface area (Å²) >= 11 is 9.15. The van der Waals surface area contributed by atoms with Gasteiger partial charge in [0.25, 0.3) is 6.43 Å². The molecule has 9 heteroatoms. The number of pyridine rings is 1. The Hall–Kier alpha value is -0.806. The second-order valence-electron chi connectivity index (χ2n) is 4.38. The van der Waals surface area contributed by atoms with E-state index in [-0.39, 0.29) is 54.5 Å². The maximum absolute atomic E-state index is 12.8. The summed E-state index contributed by atoms with van der Waals surface area (Å²) in [6, 6.07) is 10.5. The molecule has 123 valence electrons. The van der Waals surface area contributed by atoms with E-state index in [0.29, 0.717) is 11.3 Å². The first-order valence-electron chi connectivity index (χ1n) is 6.33. The van der Waals surface area contributed by atoms with Crippen LogP contribution in [0.2, 0.25) is 5.02 Å². The van der Waals surface area contributed by atoms with E-state index in [1.807, 2.05) is 6.07 Å². The zero-order valence-corrected chi connectivity index (χ0v) is 17.3. The molecule has 0 unspecified atom stereocenters. The van der Waals surface area contributed by atoms with Crippen LogP contribution in [0.25, 0.3) is 11.3 Å². The van der Waals surface area contributed by atoms with Crippen molar-refractivity contribution in [2.24, 2.45) is 0 Å². The van der Waals surface area contributed by atoms with Crippen molar-refractivity contribution in [2.45, 2.75) is 13.0 Å². The molecule has 0 saturated carbocycles. The van der Waals surface area contributed by atoms with Gasteiger partial charge in [0.15, 0.2) is 6.61 Å². The Bertz CT molecular complexity index is 824. The third kappa shape index (κ3) is 5.09. The fourth-order valence-corrected chi connectivity index (χ4v) is 2.52. The van der Waals surface area contributed by atoms with Crippen LogP contribution in [0.4, 0.5) is 8.78 Å². The maximum atomic E-state index is 12.8. The molecule has 1 heterocycles. The van der Waals surface area contributed by atoms with Crippen LogP contribution in [0.1, 0.15) is 0 Å². The second-order valence-corrected chi connectivity index (χ2v) is 5.64. The van der Waals surface area contributed by atoms with Gasteiger partial charge < -0.3 is 9.30 Å². The minimum atomic E-state index is -2.70. The molecule has 2 rings (SSSR count). The molecular formula is C15H9BrClF2N2O2Y-. The van der Waals surface area contributed by atoms with Crippen LogP contribution < -0.4 is 10.3 Å². The summed E-state index contributed by atoms with van der Waals surface area (Å²) in [4.78, 5) is 12.1. The van der Waals surface area contributed by atoms with Gasteiger partial charge in [-0.05, 0) is 21.6 Å². The summed E-state index contributed by atoms with van der Waals surface area (Å²) in [6.45, 7) is -0.913. The molecule has 0 N–H and O–H groups in total. The number of rotatable bonds is 5. The fourth-order valence-electron chi connectivity index (χ4n) is 1.93. The molecule has 4 nitrogen and oxygen atoms in total. The molecule has 0 saturated heterocycles. The Morgan fingerprint density at radius 2 is 2.17 bits per heavy atom. The Labute approximate surface area is 175 Å². The molecule has 0 aliphatic rings. The van der Waals surface area contributed by atoms with Crippen LogP contribution in [-0.2, 0) is 39.3 Å². The average Bonchev–Trinajstić information content (AvgIpc) is 2.50. The van der Waals surface area contributed by atoms with Gasteiger partial charge in [0, 0.05) is 32.7 Å².